The van der Waals surface area contributed by atoms with Gasteiger partial charge in [0, 0.05) is 24.1 Å². The van der Waals surface area contributed by atoms with E-state index in [1.807, 2.05) is 0 Å². The Labute approximate surface area is 207 Å². The molecule has 0 radical (unpaired) electrons. The lowest BCUT2D eigenvalue weighted by Gasteiger charge is -2.30. The maximum Gasteiger partial charge on any atom is 0.409 e. The minimum atomic E-state index is -0.667. The molecule has 2 aliphatic carbocycles. The molecule has 35 heavy (non-hydrogen) atoms. The third-order valence-corrected chi connectivity index (χ3v) is 8.81. The van der Waals surface area contributed by atoms with Crippen LogP contribution in [0.1, 0.15) is 100 Å². The number of carboxylic acid groups (broad SMARTS) is 1. The monoisotopic (exact) mass is 481 g/mol. The molecular formula is C28H39N3O4. The summed E-state index contributed by atoms with van der Waals surface area (Å²) in [7, 11) is 1.44. The number of hydrogen-bond acceptors (Lipinski definition) is 4. The zero-order valence-corrected chi connectivity index (χ0v) is 21.2. The molecule has 0 saturated heterocycles. The second-order valence-electron chi connectivity index (χ2n) is 11.0. The van der Waals surface area contributed by atoms with Gasteiger partial charge >= 0.3 is 12.1 Å². The fraction of sp³-hybridized carbons (Fsp3) is 0.679. The Balaban J connectivity index is 1.52. The lowest BCUT2D eigenvalue weighted by atomic mass is 9.81. The lowest BCUT2D eigenvalue weighted by Crippen LogP contribution is -2.35. The molecule has 1 aromatic carbocycles. The standard InChI is InChI=1S/C28H39N3O4/c1-18(16-19-6-4-3-5-7-19)31-24-13-12-20-14-15-30(28(34)35-2)17-23(20)25(24)29-26(31)21-8-10-22(11-9-21)27(32)33/h12-13,18-19,21-22H,3-11,14-17H2,1-2H3,(H,32,33)/t18-,21-,22-/m1/s1. The van der Waals surface area contributed by atoms with E-state index in [2.05, 4.69) is 23.6 Å². The molecule has 3 aliphatic rings. The van der Waals surface area contributed by atoms with Gasteiger partial charge < -0.3 is 19.3 Å². The van der Waals surface area contributed by atoms with Gasteiger partial charge in [-0.05, 0) is 63.0 Å². The number of rotatable bonds is 5. The van der Waals surface area contributed by atoms with Crippen LogP contribution in [0.25, 0.3) is 11.0 Å². The number of carbonyl (C=O) groups excluding carboxylic acids is 1. The molecular weight excluding hydrogens is 442 g/mol. The molecule has 2 aromatic rings. The van der Waals surface area contributed by atoms with Crippen LogP contribution in [0.5, 0.6) is 0 Å². The molecule has 2 saturated carbocycles. The molecule has 0 spiro atoms. The lowest BCUT2D eigenvalue weighted by molar-refractivity contribution is -0.142. The van der Waals surface area contributed by atoms with Gasteiger partial charge in [0.2, 0.25) is 0 Å². The highest BCUT2D eigenvalue weighted by molar-refractivity contribution is 5.82. The molecule has 5 rings (SSSR count). The Morgan fingerprint density at radius 3 is 2.54 bits per heavy atom. The highest BCUT2D eigenvalue weighted by Crippen LogP contribution is 2.41. The number of imidazole rings is 1. The van der Waals surface area contributed by atoms with Crippen LogP contribution < -0.4 is 0 Å². The highest BCUT2D eigenvalue weighted by Gasteiger charge is 2.33. The van der Waals surface area contributed by atoms with Crippen molar-refractivity contribution in [2.45, 2.75) is 96.1 Å². The van der Waals surface area contributed by atoms with Gasteiger partial charge in [-0.25, -0.2) is 9.78 Å². The Hall–Kier alpha value is -2.57. The van der Waals surface area contributed by atoms with E-state index < -0.39 is 5.97 Å². The van der Waals surface area contributed by atoms with Crippen LogP contribution >= 0.6 is 0 Å². The number of methoxy groups -OCH3 is 1. The van der Waals surface area contributed by atoms with Gasteiger partial charge in [-0.2, -0.15) is 0 Å². The molecule has 2 heterocycles. The van der Waals surface area contributed by atoms with Crippen molar-refractivity contribution in [2.75, 3.05) is 13.7 Å². The quantitative estimate of drug-likeness (QED) is 0.562. The first-order chi connectivity index (χ1) is 17.0. The first kappa shape index (κ1) is 24.1. The highest BCUT2D eigenvalue weighted by atomic mass is 16.5. The van der Waals surface area contributed by atoms with E-state index in [1.54, 1.807) is 4.90 Å². The van der Waals surface area contributed by atoms with Gasteiger partial charge in [0.15, 0.2) is 0 Å². The number of ether oxygens (including phenoxy) is 1. The summed E-state index contributed by atoms with van der Waals surface area (Å²) >= 11 is 0. The Kier molecular flexibility index (Phi) is 7.03. The molecule has 7 nitrogen and oxygen atoms in total. The van der Waals surface area contributed by atoms with Crippen molar-refractivity contribution in [1.29, 1.82) is 0 Å². The van der Waals surface area contributed by atoms with Crippen LogP contribution in [0.3, 0.4) is 0 Å². The van der Waals surface area contributed by atoms with Crippen LogP contribution in [0, 0.1) is 11.8 Å². The molecule has 0 bridgehead atoms. The SMILES string of the molecule is COC(=O)N1CCc2ccc3c(nc([C@H]4CC[C@H](C(=O)O)CC4)n3[C@H](C)CC3CCCCC3)c2C1. The molecule has 1 amide bonds. The molecule has 190 valence electrons. The molecule has 1 aromatic heterocycles. The normalized spacial score (nSPS) is 24.2. The van der Waals surface area contributed by atoms with Crippen molar-refractivity contribution in [3.63, 3.8) is 0 Å². The first-order valence-corrected chi connectivity index (χ1v) is 13.5. The average Bonchev–Trinajstić information content (AvgIpc) is 3.29. The molecule has 7 heteroatoms. The third-order valence-electron chi connectivity index (χ3n) is 8.81. The molecule has 1 N–H and O–H groups in total. The summed E-state index contributed by atoms with van der Waals surface area (Å²) < 4.78 is 7.49. The predicted molar refractivity (Wildman–Crippen MR) is 134 cm³/mol. The minimum Gasteiger partial charge on any atom is -0.481 e. The number of nitrogens with zero attached hydrogens (tertiary/aromatic N) is 3. The number of hydrogen-bond donors (Lipinski definition) is 1. The van der Waals surface area contributed by atoms with Crippen LogP contribution in [-0.4, -0.2) is 45.3 Å². The Morgan fingerprint density at radius 2 is 1.86 bits per heavy atom. The first-order valence-electron chi connectivity index (χ1n) is 13.5. The van der Waals surface area contributed by atoms with E-state index in [9.17, 15) is 14.7 Å². The summed E-state index contributed by atoms with van der Waals surface area (Å²) in [5.74, 6) is 1.27. The summed E-state index contributed by atoms with van der Waals surface area (Å²) in [6.45, 7) is 3.52. The summed E-state index contributed by atoms with van der Waals surface area (Å²) in [4.78, 5) is 30.9. The van der Waals surface area contributed by atoms with Crippen LogP contribution in [0.4, 0.5) is 4.79 Å². The summed E-state index contributed by atoms with van der Waals surface area (Å²) in [6.07, 6.45) is 11.5. The van der Waals surface area contributed by atoms with Crippen molar-refractivity contribution in [3.05, 3.63) is 29.1 Å². The topological polar surface area (TPSA) is 84.7 Å². The van der Waals surface area contributed by atoms with E-state index in [0.29, 0.717) is 32.0 Å². The zero-order valence-electron chi connectivity index (χ0n) is 21.2. The Bertz CT molecular complexity index is 1080. The van der Waals surface area contributed by atoms with E-state index >= 15 is 0 Å². The molecule has 1 atom stereocenters. The van der Waals surface area contributed by atoms with Crippen molar-refractivity contribution in [3.8, 4) is 0 Å². The number of aliphatic carboxylic acids is 1. The van der Waals surface area contributed by atoms with Crippen LogP contribution in [0.2, 0.25) is 0 Å². The number of fused-ring (bicyclic) bond motifs is 3. The number of amides is 1. The second-order valence-corrected chi connectivity index (χ2v) is 11.0. The van der Waals surface area contributed by atoms with Crippen molar-refractivity contribution in [2.24, 2.45) is 11.8 Å². The summed E-state index contributed by atoms with van der Waals surface area (Å²) in [6, 6.07) is 4.80. The fourth-order valence-electron chi connectivity index (χ4n) is 6.86. The van der Waals surface area contributed by atoms with E-state index in [-0.39, 0.29) is 17.9 Å². The molecule has 1 aliphatic heterocycles. The van der Waals surface area contributed by atoms with Gasteiger partial charge in [0.1, 0.15) is 5.82 Å². The van der Waals surface area contributed by atoms with Gasteiger partial charge in [-0.15, -0.1) is 0 Å². The number of carbonyl (C=O) groups is 2. The fourth-order valence-corrected chi connectivity index (χ4v) is 6.86. The zero-order chi connectivity index (χ0) is 24.5. The smallest absolute Gasteiger partial charge is 0.409 e. The number of benzene rings is 1. The third kappa shape index (κ3) is 4.78. The predicted octanol–water partition coefficient (Wildman–Crippen LogP) is 6.05. The second kappa shape index (κ2) is 10.2. The van der Waals surface area contributed by atoms with E-state index in [1.165, 1.54) is 44.8 Å². The number of aromatic nitrogens is 2. The molecule has 2 fully saturated rings. The molecule has 0 unspecified atom stereocenters. The van der Waals surface area contributed by atoms with E-state index in [4.69, 9.17) is 9.72 Å². The van der Waals surface area contributed by atoms with E-state index in [0.717, 1.165) is 54.0 Å². The van der Waals surface area contributed by atoms with Gasteiger partial charge in [-0.3, -0.25) is 4.79 Å². The van der Waals surface area contributed by atoms with Crippen molar-refractivity contribution < 1.29 is 19.4 Å². The van der Waals surface area contributed by atoms with Gasteiger partial charge in [-0.1, -0.05) is 38.2 Å². The summed E-state index contributed by atoms with van der Waals surface area (Å²) in [5, 5.41) is 9.49. The number of carboxylic acids is 1. The Morgan fingerprint density at radius 1 is 1.11 bits per heavy atom. The van der Waals surface area contributed by atoms with Crippen LogP contribution in [0.15, 0.2) is 12.1 Å². The average molecular weight is 482 g/mol. The van der Waals surface area contributed by atoms with Crippen molar-refractivity contribution in [1.82, 2.24) is 14.5 Å². The maximum atomic E-state index is 12.3. The van der Waals surface area contributed by atoms with Gasteiger partial charge in [0.05, 0.1) is 30.6 Å². The largest absolute Gasteiger partial charge is 0.481 e. The maximum absolute atomic E-state index is 12.3. The minimum absolute atomic E-state index is 0.231. The van der Waals surface area contributed by atoms with Gasteiger partial charge in [0.25, 0.3) is 0 Å². The van der Waals surface area contributed by atoms with Crippen molar-refractivity contribution >= 4 is 23.1 Å². The van der Waals surface area contributed by atoms with Crippen LogP contribution in [-0.2, 0) is 22.5 Å². The summed E-state index contributed by atoms with van der Waals surface area (Å²) in [5.41, 5.74) is 4.59.